The lowest BCUT2D eigenvalue weighted by molar-refractivity contribution is 0.775. The molecular formula is C53H37N. The number of nitrogens with zero attached hydrogens (tertiary/aromatic N) is 1. The lowest BCUT2D eigenvalue weighted by Gasteiger charge is -2.35. The van der Waals surface area contributed by atoms with Gasteiger partial charge in [-0.2, -0.15) is 0 Å². The van der Waals surface area contributed by atoms with Gasteiger partial charge in [-0.25, -0.2) is 0 Å². The quantitative estimate of drug-likeness (QED) is 0.161. The number of fused-ring (bicyclic) bond motifs is 5. The summed E-state index contributed by atoms with van der Waals surface area (Å²) in [6, 6.07) is 81.9. The Hall–Kier alpha value is -6.96. The highest BCUT2D eigenvalue weighted by Crippen LogP contribution is 2.62. The molecule has 0 saturated carbocycles. The molecule has 254 valence electrons. The molecule has 0 N–H and O–H groups in total. The van der Waals surface area contributed by atoms with Crippen LogP contribution in [-0.4, -0.2) is 0 Å². The average Bonchev–Trinajstić information content (AvgIpc) is 3.57. The smallest absolute Gasteiger partial charge is 0.0719 e. The summed E-state index contributed by atoms with van der Waals surface area (Å²) < 4.78 is 0. The summed E-state index contributed by atoms with van der Waals surface area (Å²) in [4.78, 5) is 2.33. The first-order valence-electron chi connectivity index (χ1n) is 18.7. The second-order valence-corrected chi connectivity index (χ2v) is 14.0. The second kappa shape index (κ2) is 13.2. The van der Waals surface area contributed by atoms with Crippen LogP contribution in [0.25, 0.3) is 44.2 Å². The Labute approximate surface area is 317 Å². The number of para-hydroxylation sites is 2. The van der Waals surface area contributed by atoms with Crippen LogP contribution in [0.2, 0.25) is 0 Å². The number of anilines is 3. The zero-order valence-corrected chi connectivity index (χ0v) is 29.8. The van der Waals surface area contributed by atoms with Crippen molar-refractivity contribution in [3.63, 3.8) is 0 Å². The van der Waals surface area contributed by atoms with Crippen molar-refractivity contribution in [2.75, 3.05) is 4.90 Å². The zero-order chi connectivity index (χ0) is 35.9. The van der Waals surface area contributed by atoms with E-state index in [9.17, 15) is 0 Å². The Bertz CT molecular complexity index is 2640. The molecule has 0 atom stereocenters. The fraction of sp³-hybridized carbons (Fsp3) is 0.0189. The number of benzene rings is 9. The molecule has 0 fully saturated rings. The fourth-order valence-electron chi connectivity index (χ4n) is 8.97. The highest BCUT2D eigenvalue weighted by atomic mass is 15.1. The summed E-state index contributed by atoms with van der Waals surface area (Å²) in [7, 11) is 0. The lowest BCUT2D eigenvalue weighted by atomic mass is 9.66. The van der Waals surface area contributed by atoms with Gasteiger partial charge in [0, 0.05) is 17.1 Å². The number of hydrogen-bond donors (Lipinski definition) is 0. The van der Waals surface area contributed by atoms with E-state index in [1.807, 2.05) is 0 Å². The predicted molar refractivity (Wildman–Crippen MR) is 227 cm³/mol. The standard InChI is InChI=1S/C53H37N/c1-6-20-38(21-7-1)50-49(39-34-36-44(37-35-39)54(42-26-12-4-13-27-42)43-28-14-5-15-29-43)45-30-16-17-31-46(45)52-51(50)47-32-18-19-33-48(47)53(52,40-22-8-2-9-23-40)41-24-10-3-11-25-41/h1-37H. The van der Waals surface area contributed by atoms with Gasteiger partial charge in [0.1, 0.15) is 0 Å². The topological polar surface area (TPSA) is 3.24 Å². The molecule has 10 rings (SSSR count). The summed E-state index contributed by atoms with van der Waals surface area (Å²) in [5.74, 6) is 0. The van der Waals surface area contributed by atoms with Crippen molar-refractivity contribution in [3.05, 3.63) is 247 Å². The van der Waals surface area contributed by atoms with Crippen LogP contribution in [0.3, 0.4) is 0 Å². The van der Waals surface area contributed by atoms with Crippen LogP contribution >= 0.6 is 0 Å². The van der Waals surface area contributed by atoms with Crippen LogP contribution in [0.15, 0.2) is 224 Å². The van der Waals surface area contributed by atoms with Crippen molar-refractivity contribution < 1.29 is 0 Å². The van der Waals surface area contributed by atoms with Gasteiger partial charge in [0.2, 0.25) is 0 Å². The molecule has 0 amide bonds. The normalized spacial score (nSPS) is 12.6. The SMILES string of the molecule is c1ccc(-c2c3c(c4ccccc4c2-c2ccc(N(c4ccccc4)c4ccccc4)cc2)C(c2ccccc2)(c2ccccc2)c2ccccc2-3)cc1. The van der Waals surface area contributed by atoms with E-state index < -0.39 is 5.41 Å². The molecule has 0 heterocycles. The van der Waals surface area contributed by atoms with Crippen molar-refractivity contribution in [1.29, 1.82) is 0 Å². The highest BCUT2D eigenvalue weighted by Gasteiger charge is 2.48. The van der Waals surface area contributed by atoms with Gasteiger partial charge in [0.25, 0.3) is 0 Å². The second-order valence-electron chi connectivity index (χ2n) is 14.0. The van der Waals surface area contributed by atoms with E-state index in [1.165, 1.54) is 66.4 Å². The maximum absolute atomic E-state index is 2.36. The molecule has 0 spiro atoms. The van der Waals surface area contributed by atoms with Crippen LogP contribution in [-0.2, 0) is 5.41 Å². The molecule has 9 aromatic carbocycles. The van der Waals surface area contributed by atoms with E-state index in [-0.39, 0.29) is 0 Å². The third kappa shape index (κ3) is 4.94. The largest absolute Gasteiger partial charge is 0.311 e. The summed E-state index contributed by atoms with van der Waals surface area (Å²) >= 11 is 0. The molecule has 54 heavy (non-hydrogen) atoms. The molecule has 1 heteroatoms. The molecule has 0 aromatic heterocycles. The van der Waals surface area contributed by atoms with Crippen LogP contribution in [0.5, 0.6) is 0 Å². The third-order valence-corrected chi connectivity index (χ3v) is 11.1. The first-order valence-corrected chi connectivity index (χ1v) is 18.7. The van der Waals surface area contributed by atoms with Gasteiger partial charge in [0.15, 0.2) is 0 Å². The van der Waals surface area contributed by atoms with Crippen LogP contribution in [0.1, 0.15) is 22.3 Å². The Kier molecular flexibility index (Phi) is 7.78. The molecule has 1 aliphatic rings. The first-order chi connectivity index (χ1) is 26.8. The van der Waals surface area contributed by atoms with Gasteiger partial charge < -0.3 is 4.90 Å². The van der Waals surface area contributed by atoms with Gasteiger partial charge in [0.05, 0.1) is 5.41 Å². The van der Waals surface area contributed by atoms with E-state index in [0.717, 1.165) is 17.1 Å². The van der Waals surface area contributed by atoms with Crippen molar-refractivity contribution in [3.8, 4) is 33.4 Å². The summed E-state index contributed by atoms with van der Waals surface area (Å²) in [6.07, 6.45) is 0. The third-order valence-electron chi connectivity index (χ3n) is 11.1. The molecule has 0 radical (unpaired) electrons. The predicted octanol–water partition coefficient (Wildman–Crippen LogP) is 14.0. The lowest BCUT2D eigenvalue weighted by Crippen LogP contribution is -2.28. The Morgan fingerprint density at radius 2 is 0.722 bits per heavy atom. The van der Waals surface area contributed by atoms with E-state index in [0.29, 0.717) is 0 Å². The Morgan fingerprint density at radius 3 is 1.30 bits per heavy atom. The molecule has 0 saturated heterocycles. The van der Waals surface area contributed by atoms with Crippen molar-refractivity contribution in [2.24, 2.45) is 0 Å². The van der Waals surface area contributed by atoms with E-state index >= 15 is 0 Å². The summed E-state index contributed by atoms with van der Waals surface area (Å²) in [5, 5.41) is 2.51. The summed E-state index contributed by atoms with van der Waals surface area (Å²) in [5.41, 5.74) is 15.5. The van der Waals surface area contributed by atoms with E-state index in [1.54, 1.807) is 0 Å². The minimum atomic E-state index is -0.522. The molecule has 9 aromatic rings. The van der Waals surface area contributed by atoms with Crippen LogP contribution in [0.4, 0.5) is 17.1 Å². The number of rotatable bonds is 7. The van der Waals surface area contributed by atoms with Gasteiger partial charge in [-0.1, -0.05) is 188 Å². The molecular weight excluding hydrogens is 651 g/mol. The van der Waals surface area contributed by atoms with Crippen molar-refractivity contribution in [2.45, 2.75) is 5.41 Å². The van der Waals surface area contributed by atoms with Crippen LogP contribution in [0, 0.1) is 0 Å². The monoisotopic (exact) mass is 687 g/mol. The van der Waals surface area contributed by atoms with E-state index in [2.05, 4.69) is 229 Å². The summed E-state index contributed by atoms with van der Waals surface area (Å²) in [6.45, 7) is 0. The molecule has 0 aliphatic heterocycles. The Morgan fingerprint density at radius 1 is 0.296 bits per heavy atom. The van der Waals surface area contributed by atoms with Crippen molar-refractivity contribution in [1.82, 2.24) is 0 Å². The highest BCUT2D eigenvalue weighted by molar-refractivity contribution is 6.15. The van der Waals surface area contributed by atoms with Crippen molar-refractivity contribution >= 4 is 27.8 Å². The molecule has 0 unspecified atom stereocenters. The van der Waals surface area contributed by atoms with Gasteiger partial charge in [-0.3, -0.25) is 0 Å². The first kappa shape index (κ1) is 31.7. The minimum Gasteiger partial charge on any atom is -0.311 e. The average molecular weight is 688 g/mol. The zero-order valence-electron chi connectivity index (χ0n) is 29.8. The fourth-order valence-corrected chi connectivity index (χ4v) is 8.97. The maximum atomic E-state index is 2.36. The number of hydrogen-bond acceptors (Lipinski definition) is 1. The Balaban J connectivity index is 1.31. The van der Waals surface area contributed by atoms with Gasteiger partial charge >= 0.3 is 0 Å². The molecule has 1 nitrogen and oxygen atoms in total. The minimum absolute atomic E-state index is 0.522. The van der Waals surface area contributed by atoms with E-state index in [4.69, 9.17) is 0 Å². The molecule has 1 aliphatic carbocycles. The van der Waals surface area contributed by atoms with Crippen LogP contribution < -0.4 is 4.90 Å². The molecule has 0 bridgehead atoms. The maximum Gasteiger partial charge on any atom is 0.0719 e. The van der Waals surface area contributed by atoms with Gasteiger partial charge in [-0.15, -0.1) is 0 Å². The van der Waals surface area contributed by atoms with Gasteiger partial charge in [-0.05, 0) is 103 Å².